The maximum absolute atomic E-state index is 13.7. The Kier molecular flexibility index (Phi) is 4.56. The molecule has 0 aliphatic rings. The molecule has 0 aromatic heterocycles. The minimum Gasteiger partial charge on any atom is -0.388 e. The van der Waals surface area contributed by atoms with Crippen LogP contribution in [0, 0.1) is 11.7 Å². The number of halogens is 3. The molecule has 84 valence electrons. The summed E-state index contributed by atoms with van der Waals surface area (Å²) in [5, 5.41) is 9.89. The van der Waals surface area contributed by atoms with Gasteiger partial charge in [-0.05, 0) is 27.9 Å². The van der Waals surface area contributed by atoms with Crippen LogP contribution in [0.4, 0.5) is 4.39 Å². The molecule has 0 heterocycles. The highest BCUT2D eigenvalue weighted by molar-refractivity contribution is 9.10. The first kappa shape index (κ1) is 12.9. The van der Waals surface area contributed by atoms with Gasteiger partial charge in [0.2, 0.25) is 0 Å². The van der Waals surface area contributed by atoms with Crippen LogP contribution in [0.1, 0.15) is 31.9 Å². The van der Waals surface area contributed by atoms with Gasteiger partial charge in [-0.2, -0.15) is 0 Å². The number of hydrogen-bond donors (Lipinski definition) is 1. The van der Waals surface area contributed by atoms with E-state index >= 15 is 0 Å². The molecule has 0 bridgehead atoms. The van der Waals surface area contributed by atoms with Crippen molar-refractivity contribution in [3.05, 3.63) is 33.0 Å². The quantitative estimate of drug-likeness (QED) is 0.823. The predicted molar refractivity (Wildman–Crippen MR) is 63.5 cm³/mol. The Labute approximate surface area is 102 Å². The minimum absolute atomic E-state index is 0.0109. The molecule has 0 radical (unpaired) electrons. The van der Waals surface area contributed by atoms with Crippen LogP contribution in [0.2, 0.25) is 5.02 Å². The monoisotopic (exact) mass is 294 g/mol. The molecule has 1 nitrogen and oxygen atoms in total. The van der Waals surface area contributed by atoms with Gasteiger partial charge in [0.15, 0.2) is 0 Å². The van der Waals surface area contributed by atoms with E-state index in [-0.39, 0.29) is 16.5 Å². The highest BCUT2D eigenvalue weighted by Crippen LogP contribution is 2.33. The third-order valence-electron chi connectivity index (χ3n) is 2.57. The summed E-state index contributed by atoms with van der Waals surface area (Å²) in [4.78, 5) is 0. The summed E-state index contributed by atoms with van der Waals surface area (Å²) in [5.41, 5.74) is 0.262. The molecule has 0 saturated heterocycles. The van der Waals surface area contributed by atoms with Crippen LogP contribution in [-0.2, 0) is 0 Å². The van der Waals surface area contributed by atoms with Crippen molar-refractivity contribution in [2.45, 2.75) is 26.4 Å². The van der Waals surface area contributed by atoms with E-state index in [2.05, 4.69) is 15.9 Å². The maximum atomic E-state index is 13.7. The average molecular weight is 296 g/mol. The third kappa shape index (κ3) is 2.71. The molecule has 1 aromatic rings. The largest absolute Gasteiger partial charge is 0.388 e. The van der Waals surface area contributed by atoms with Gasteiger partial charge in [0.1, 0.15) is 5.82 Å². The molecule has 2 atom stereocenters. The van der Waals surface area contributed by atoms with Gasteiger partial charge in [0.05, 0.1) is 11.1 Å². The lowest BCUT2D eigenvalue weighted by Gasteiger charge is -2.18. The normalized spacial score (nSPS) is 15.1. The first-order valence-corrected chi connectivity index (χ1v) is 5.97. The van der Waals surface area contributed by atoms with E-state index < -0.39 is 11.9 Å². The third-order valence-corrected chi connectivity index (χ3v) is 3.83. The van der Waals surface area contributed by atoms with Crippen molar-refractivity contribution in [1.29, 1.82) is 0 Å². The van der Waals surface area contributed by atoms with E-state index in [9.17, 15) is 9.50 Å². The van der Waals surface area contributed by atoms with Crippen LogP contribution < -0.4 is 0 Å². The Morgan fingerprint density at radius 1 is 1.53 bits per heavy atom. The molecule has 0 fully saturated rings. The van der Waals surface area contributed by atoms with Crippen LogP contribution >= 0.6 is 27.5 Å². The van der Waals surface area contributed by atoms with E-state index in [0.29, 0.717) is 4.47 Å². The van der Waals surface area contributed by atoms with Crippen LogP contribution in [-0.4, -0.2) is 5.11 Å². The summed E-state index contributed by atoms with van der Waals surface area (Å²) in [6.07, 6.45) is -0.0190. The second kappa shape index (κ2) is 5.28. The van der Waals surface area contributed by atoms with E-state index in [1.165, 1.54) is 0 Å². The molecule has 0 saturated carbocycles. The van der Waals surface area contributed by atoms with Crippen molar-refractivity contribution in [2.24, 2.45) is 5.92 Å². The zero-order valence-corrected chi connectivity index (χ0v) is 10.9. The first-order valence-electron chi connectivity index (χ1n) is 4.80. The molecule has 0 spiro atoms. The Morgan fingerprint density at radius 3 is 2.67 bits per heavy atom. The van der Waals surface area contributed by atoms with Crippen molar-refractivity contribution in [3.8, 4) is 0 Å². The Hall–Kier alpha value is -0.120. The molecular weight excluding hydrogens is 282 g/mol. The van der Waals surface area contributed by atoms with Gasteiger partial charge in [-0.15, -0.1) is 0 Å². The fraction of sp³-hybridized carbons (Fsp3) is 0.455. The molecule has 2 unspecified atom stereocenters. The summed E-state index contributed by atoms with van der Waals surface area (Å²) >= 11 is 8.87. The summed E-state index contributed by atoms with van der Waals surface area (Å²) in [6, 6.07) is 3.20. The van der Waals surface area contributed by atoms with Crippen molar-refractivity contribution in [1.82, 2.24) is 0 Å². The SMILES string of the molecule is CCC(C)C(O)c1ccc(Br)c(Cl)c1F. The van der Waals surface area contributed by atoms with Crippen molar-refractivity contribution in [2.75, 3.05) is 0 Å². The Bertz CT molecular complexity index is 357. The molecule has 0 aliphatic heterocycles. The lowest BCUT2D eigenvalue weighted by atomic mass is 9.95. The van der Waals surface area contributed by atoms with Crippen molar-refractivity contribution in [3.63, 3.8) is 0 Å². The van der Waals surface area contributed by atoms with Crippen LogP contribution in [0.5, 0.6) is 0 Å². The van der Waals surface area contributed by atoms with Crippen LogP contribution in [0.15, 0.2) is 16.6 Å². The minimum atomic E-state index is -0.805. The summed E-state index contributed by atoms with van der Waals surface area (Å²) in [7, 11) is 0. The van der Waals surface area contributed by atoms with E-state index in [1.807, 2.05) is 13.8 Å². The molecule has 1 aromatic carbocycles. The molecule has 1 N–H and O–H groups in total. The second-order valence-corrected chi connectivity index (χ2v) is 4.83. The molecule has 0 aliphatic carbocycles. The average Bonchev–Trinajstić information content (AvgIpc) is 2.24. The lowest BCUT2D eigenvalue weighted by molar-refractivity contribution is 0.111. The van der Waals surface area contributed by atoms with Crippen molar-refractivity contribution >= 4 is 27.5 Å². The molecule has 0 amide bonds. The van der Waals surface area contributed by atoms with E-state index in [1.54, 1.807) is 12.1 Å². The Balaban J connectivity index is 3.10. The van der Waals surface area contributed by atoms with Crippen LogP contribution in [0.3, 0.4) is 0 Å². The Morgan fingerprint density at radius 2 is 2.13 bits per heavy atom. The smallest absolute Gasteiger partial charge is 0.148 e. The van der Waals surface area contributed by atoms with Gasteiger partial charge in [-0.1, -0.05) is 37.9 Å². The molecular formula is C11H13BrClFO. The number of hydrogen-bond acceptors (Lipinski definition) is 1. The number of benzene rings is 1. The second-order valence-electron chi connectivity index (χ2n) is 3.59. The predicted octanol–water partition coefficient (Wildman–Crippen LogP) is 4.32. The van der Waals surface area contributed by atoms with Gasteiger partial charge in [-0.3, -0.25) is 0 Å². The topological polar surface area (TPSA) is 20.2 Å². The molecule has 4 heteroatoms. The van der Waals surface area contributed by atoms with Crippen molar-refractivity contribution < 1.29 is 9.50 Å². The number of aliphatic hydroxyl groups is 1. The van der Waals surface area contributed by atoms with Gasteiger partial charge >= 0.3 is 0 Å². The van der Waals surface area contributed by atoms with Gasteiger partial charge in [0, 0.05) is 10.0 Å². The van der Waals surface area contributed by atoms with Gasteiger partial charge in [0.25, 0.3) is 0 Å². The zero-order valence-electron chi connectivity index (χ0n) is 8.60. The zero-order chi connectivity index (χ0) is 11.6. The standard InChI is InChI=1S/C11H13BrClFO/c1-3-6(2)11(15)7-4-5-8(12)9(13)10(7)14/h4-6,11,15H,3H2,1-2H3. The van der Waals surface area contributed by atoms with Gasteiger partial charge in [-0.25, -0.2) is 4.39 Å². The van der Waals surface area contributed by atoms with E-state index in [0.717, 1.165) is 6.42 Å². The highest BCUT2D eigenvalue weighted by Gasteiger charge is 2.20. The maximum Gasteiger partial charge on any atom is 0.148 e. The summed E-state index contributed by atoms with van der Waals surface area (Å²) in [5.74, 6) is -0.532. The lowest BCUT2D eigenvalue weighted by Crippen LogP contribution is -2.10. The molecule has 15 heavy (non-hydrogen) atoms. The highest BCUT2D eigenvalue weighted by atomic mass is 79.9. The number of rotatable bonds is 3. The first-order chi connectivity index (χ1) is 6.99. The number of aliphatic hydroxyl groups excluding tert-OH is 1. The summed E-state index contributed by atoms with van der Waals surface area (Å²) in [6.45, 7) is 3.83. The summed E-state index contributed by atoms with van der Waals surface area (Å²) < 4.78 is 14.2. The fourth-order valence-electron chi connectivity index (χ4n) is 1.30. The fourth-order valence-corrected chi connectivity index (χ4v) is 1.78. The molecule has 1 rings (SSSR count). The van der Waals surface area contributed by atoms with E-state index in [4.69, 9.17) is 11.6 Å². The van der Waals surface area contributed by atoms with Gasteiger partial charge < -0.3 is 5.11 Å². The van der Waals surface area contributed by atoms with Crippen LogP contribution in [0.25, 0.3) is 0 Å².